The van der Waals surface area contributed by atoms with Gasteiger partial charge in [0.15, 0.2) is 0 Å². The van der Waals surface area contributed by atoms with E-state index in [2.05, 4.69) is 24.0 Å². The Kier molecular flexibility index (Phi) is 10.1. The molecule has 0 spiro atoms. The van der Waals surface area contributed by atoms with E-state index >= 15 is 0 Å². The van der Waals surface area contributed by atoms with Crippen molar-refractivity contribution in [1.29, 1.82) is 0 Å². The Labute approximate surface area is 229 Å². The van der Waals surface area contributed by atoms with Gasteiger partial charge < -0.3 is 19.1 Å². The zero-order chi connectivity index (χ0) is 26.9. The molecule has 3 aromatic rings. The Bertz CT molecular complexity index is 1160. The lowest BCUT2D eigenvalue weighted by molar-refractivity contribution is -0.137. The van der Waals surface area contributed by atoms with E-state index in [1.807, 2.05) is 30.3 Å². The summed E-state index contributed by atoms with van der Waals surface area (Å²) in [6.07, 6.45) is 9.69. The molecule has 0 bridgehead atoms. The van der Waals surface area contributed by atoms with Crippen LogP contribution in [0.4, 0.5) is 0 Å². The predicted molar refractivity (Wildman–Crippen MR) is 147 cm³/mol. The fourth-order valence-electron chi connectivity index (χ4n) is 5.08. The first-order valence-electron chi connectivity index (χ1n) is 13.4. The van der Waals surface area contributed by atoms with E-state index in [1.165, 1.54) is 0 Å². The minimum absolute atomic E-state index is 0.0347. The number of thiocarbonyl (C=S) groups is 1. The molecule has 38 heavy (non-hydrogen) atoms. The van der Waals surface area contributed by atoms with Gasteiger partial charge in [-0.15, -0.1) is 0 Å². The molecule has 204 valence electrons. The van der Waals surface area contributed by atoms with Crippen molar-refractivity contribution in [3.63, 3.8) is 0 Å². The van der Waals surface area contributed by atoms with Gasteiger partial charge in [0.25, 0.3) is 5.17 Å². The minimum Gasteiger partial charge on any atom is -0.481 e. The zero-order valence-corrected chi connectivity index (χ0v) is 22.9. The highest BCUT2D eigenvalue weighted by molar-refractivity contribution is 7.80. The van der Waals surface area contributed by atoms with Gasteiger partial charge in [0.1, 0.15) is 18.2 Å². The van der Waals surface area contributed by atoms with Crippen LogP contribution in [0.1, 0.15) is 99.3 Å². The number of nitrogens with zero attached hydrogens (tertiary/aromatic N) is 3. The number of benzene rings is 1. The zero-order valence-electron chi connectivity index (χ0n) is 22.1. The third kappa shape index (κ3) is 7.51. The smallest absolute Gasteiger partial charge is 0.304 e. The molecule has 2 aromatic heterocycles. The maximum absolute atomic E-state index is 11.9. The molecule has 0 saturated heterocycles. The van der Waals surface area contributed by atoms with Gasteiger partial charge >= 0.3 is 5.97 Å². The number of carboxylic acid groups (broad SMARTS) is 1. The van der Waals surface area contributed by atoms with Crippen molar-refractivity contribution in [3.8, 4) is 0 Å². The molecule has 8 nitrogen and oxygen atoms in total. The van der Waals surface area contributed by atoms with Crippen LogP contribution in [0.25, 0.3) is 0 Å². The first-order chi connectivity index (χ1) is 18.4. The molecule has 0 fully saturated rings. The van der Waals surface area contributed by atoms with E-state index in [1.54, 1.807) is 23.3 Å². The predicted octanol–water partition coefficient (Wildman–Crippen LogP) is 6.63. The molecule has 9 heteroatoms. The summed E-state index contributed by atoms with van der Waals surface area (Å²) in [6, 6.07) is 10.0. The lowest BCUT2D eigenvalue weighted by Crippen LogP contribution is -2.23. The van der Waals surface area contributed by atoms with Crippen molar-refractivity contribution in [2.45, 2.75) is 83.3 Å². The van der Waals surface area contributed by atoms with E-state index < -0.39 is 5.97 Å². The van der Waals surface area contributed by atoms with Gasteiger partial charge in [-0.1, -0.05) is 55.8 Å². The lowest BCUT2D eigenvalue weighted by Gasteiger charge is -2.29. The van der Waals surface area contributed by atoms with Crippen molar-refractivity contribution >= 4 is 23.4 Å². The third-order valence-corrected chi connectivity index (χ3v) is 7.37. The Morgan fingerprint density at radius 1 is 1.24 bits per heavy atom. The number of hydrogen-bond donors (Lipinski definition) is 1. The van der Waals surface area contributed by atoms with E-state index in [4.69, 9.17) is 26.2 Å². The standard InChI is InChI=1S/C29H37N3O5S/c1-20(2)10-11-22-12-13-24(36-29(38)32-15-14-30-19-32)26-27(31-37-28(22)26)23(17-25(33)34)9-6-16-35-18-21-7-4-3-5-8-21/h3-5,7-8,14-15,19-20,22-24H,6,9-13,16-18H2,1-2H3,(H,33,34)/t22?,23-,24?/m0/s1. The molecular formula is C29H37N3O5S. The average molecular weight is 540 g/mol. The second kappa shape index (κ2) is 13.7. The summed E-state index contributed by atoms with van der Waals surface area (Å²) in [5.41, 5.74) is 2.67. The van der Waals surface area contributed by atoms with Crippen LogP contribution in [0.2, 0.25) is 0 Å². The highest BCUT2D eigenvalue weighted by Gasteiger charge is 2.38. The summed E-state index contributed by atoms with van der Waals surface area (Å²) in [5, 5.41) is 14.5. The average Bonchev–Trinajstić information content (AvgIpc) is 3.59. The molecule has 2 unspecified atom stereocenters. The minimum atomic E-state index is -0.865. The number of aliphatic carboxylic acids is 1. The number of rotatable bonds is 13. The molecule has 4 rings (SSSR count). The summed E-state index contributed by atoms with van der Waals surface area (Å²) in [7, 11) is 0. The van der Waals surface area contributed by atoms with Crippen LogP contribution in [0.3, 0.4) is 0 Å². The lowest BCUT2D eigenvalue weighted by atomic mass is 9.79. The number of fused-ring (bicyclic) bond motifs is 1. The summed E-state index contributed by atoms with van der Waals surface area (Å²) >= 11 is 5.53. The summed E-state index contributed by atoms with van der Waals surface area (Å²) in [6.45, 7) is 5.50. The topological polar surface area (TPSA) is 99.6 Å². The van der Waals surface area contributed by atoms with Gasteiger partial charge in [-0.2, -0.15) is 0 Å². The monoisotopic (exact) mass is 539 g/mol. The van der Waals surface area contributed by atoms with Crippen LogP contribution >= 0.6 is 12.2 Å². The van der Waals surface area contributed by atoms with Gasteiger partial charge in [-0.05, 0) is 55.8 Å². The van der Waals surface area contributed by atoms with Gasteiger partial charge in [0, 0.05) is 30.8 Å². The Hall–Kier alpha value is -3.04. The summed E-state index contributed by atoms with van der Waals surface area (Å²) < 4.78 is 19.7. The number of aromatic nitrogens is 3. The van der Waals surface area contributed by atoms with E-state index in [0.717, 1.165) is 42.6 Å². The fourth-order valence-corrected chi connectivity index (χ4v) is 5.31. The Balaban J connectivity index is 1.51. The molecular weight excluding hydrogens is 502 g/mol. The highest BCUT2D eigenvalue weighted by Crippen LogP contribution is 2.46. The molecule has 1 aliphatic rings. The van der Waals surface area contributed by atoms with E-state index in [9.17, 15) is 9.90 Å². The van der Waals surface area contributed by atoms with Crippen LogP contribution in [0, 0.1) is 5.92 Å². The first kappa shape index (κ1) is 28.0. The van der Waals surface area contributed by atoms with E-state index in [0.29, 0.717) is 42.8 Å². The van der Waals surface area contributed by atoms with Crippen LogP contribution < -0.4 is 0 Å². The fraction of sp³-hybridized carbons (Fsp3) is 0.517. The SMILES string of the molecule is CC(C)CCC1CCC(OC(=S)n2ccnc2)c2c([C@@H](CCCOCc3ccccc3)CC(=O)O)noc21. The van der Waals surface area contributed by atoms with Crippen LogP contribution in [0.5, 0.6) is 0 Å². The van der Waals surface area contributed by atoms with E-state index in [-0.39, 0.29) is 24.4 Å². The van der Waals surface area contributed by atoms with Crippen molar-refractivity contribution < 1.29 is 23.9 Å². The first-order valence-corrected chi connectivity index (χ1v) is 13.8. The molecule has 0 radical (unpaired) electrons. The maximum Gasteiger partial charge on any atom is 0.304 e. The normalized spacial score (nSPS) is 17.8. The maximum atomic E-state index is 11.9. The number of imidazole rings is 1. The Morgan fingerprint density at radius 3 is 2.76 bits per heavy atom. The summed E-state index contributed by atoms with van der Waals surface area (Å²) in [5.74, 6) is 0.461. The number of ether oxygens (including phenoxy) is 2. The van der Waals surface area contributed by atoms with Gasteiger partial charge in [0.05, 0.1) is 24.3 Å². The molecule has 3 atom stereocenters. The summed E-state index contributed by atoms with van der Waals surface area (Å²) in [4.78, 5) is 15.9. The van der Waals surface area contributed by atoms with Crippen molar-refractivity contribution in [2.75, 3.05) is 6.61 Å². The van der Waals surface area contributed by atoms with Gasteiger partial charge in [0.2, 0.25) is 0 Å². The van der Waals surface area contributed by atoms with Crippen molar-refractivity contribution in [2.24, 2.45) is 5.92 Å². The molecule has 0 saturated carbocycles. The molecule has 1 N–H and O–H groups in total. The second-order valence-corrected chi connectivity index (χ2v) is 10.8. The van der Waals surface area contributed by atoms with Gasteiger partial charge in [-0.25, -0.2) is 4.98 Å². The number of carbonyl (C=O) groups is 1. The van der Waals surface area contributed by atoms with Crippen molar-refractivity contribution in [3.05, 3.63) is 71.6 Å². The second-order valence-electron chi connectivity index (χ2n) is 10.4. The molecule has 1 aliphatic carbocycles. The molecule has 2 heterocycles. The molecule has 1 aromatic carbocycles. The molecule has 0 amide bonds. The largest absolute Gasteiger partial charge is 0.481 e. The number of carboxylic acids is 1. The Morgan fingerprint density at radius 2 is 2.05 bits per heavy atom. The van der Waals surface area contributed by atoms with Crippen LogP contribution in [-0.2, 0) is 20.9 Å². The van der Waals surface area contributed by atoms with Crippen LogP contribution in [-0.4, -0.2) is 37.6 Å². The van der Waals surface area contributed by atoms with Gasteiger partial charge in [-0.3, -0.25) is 9.36 Å². The number of hydrogen-bond acceptors (Lipinski definition) is 7. The van der Waals surface area contributed by atoms with Crippen molar-refractivity contribution in [1.82, 2.24) is 14.7 Å². The third-order valence-electron chi connectivity index (χ3n) is 7.07. The van der Waals surface area contributed by atoms with Crippen LogP contribution in [0.15, 0.2) is 53.6 Å². The quantitative estimate of drug-likeness (QED) is 0.191. The highest BCUT2D eigenvalue weighted by atomic mass is 32.1. The molecule has 0 aliphatic heterocycles.